The van der Waals surface area contributed by atoms with Gasteiger partial charge in [-0.1, -0.05) is 25.1 Å². The molecule has 1 aromatic heterocycles. The first kappa shape index (κ1) is 12.4. The van der Waals surface area contributed by atoms with E-state index in [1.54, 1.807) is 0 Å². The van der Waals surface area contributed by atoms with E-state index in [-0.39, 0.29) is 11.0 Å². The van der Waals surface area contributed by atoms with Gasteiger partial charge in [0, 0.05) is 29.6 Å². The van der Waals surface area contributed by atoms with Crippen LogP contribution in [0.4, 0.5) is 0 Å². The molecule has 0 radical (unpaired) electrons. The minimum atomic E-state index is -0.0128. The van der Waals surface area contributed by atoms with Crippen LogP contribution in [0.3, 0.4) is 0 Å². The van der Waals surface area contributed by atoms with E-state index in [1.165, 1.54) is 0 Å². The van der Waals surface area contributed by atoms with Crippen molar-refractivity contribution in [1.82, 2.24) is 10.3 Å². The Morgan fingerprint density at radius 1 is 1.37 bits per heavy atom. The maximum absolute atomic E-state index is 12.0. The second-order valence-electron chi connectivity index (χ2n) is 5.62. The molecule has 1 aromatic carbocycles. The predicted octanol–water partition coefficient (Wildman–Crippen LogP) is 1.65. The molecule has 1 aliphatic rings. The number of para-hydroxylation sites is 1. The van der Waals surface area contributed by atoms with Crippen LogP contribution in [-0.2, 0) is 11.3 Å². The van der Waals surface area contributed by atoms with Gasteiger partial charge in [0.05, 0.1) is 13.2 Å². The van der Waals surface area contributed by atoms with Gasteiger partial charge in [0.1, 0.15) is 0 Å². The number of aromatic amines is 1. The second kappa shape index (κ2) is 4.79. The molecule has 0 aliphatic carbocycles. The van der Waals surface area contributed by atoms with Crippen molar-refractivity contribution in [2.45, 2.75) is 13.5 Å². The van der Waals surface area contributed by atoms with Crippen molar-refractivity contribution in [3.63, 3.8) is 0 Å². The first-order chi connectivity index (χ1) is 9.16. The molecule has 4 heteroatoms. The first-order valence-corrected chi connectivity index (χ1v) is 6.56. The highest BCUT2D eigenvalue weighted by Gasteiger charge is 2.32. The number of H-pyrrole nitrogens is 1. The van der Waals surface area contributed by atoms with E-state index >= 15 is 0 Å². The number of hydrogen-bond donors (Lipinski definition) is 2. The number of hydrogen-bond acceptors (Lipinski definition) is 3. The summed E-state index contributed by atoms with van der Waals surface area (Å²) < 4.78 is 5.21. The average Bonchev–Trinajstić information content (AvgIpc) is 2.37. The van der Waals surface area contributed by atoms with E-state index in [0.717, 1.165) is 36.2 Å². The molecule has 0 spiro atoms. The molecule has 100 valence electrons. The van der Waals surface area contributed by atoms with Crippen LogP contribution in [0, 0.1) is 5.41 Å². The molecular formula is C15H18N2O2. The Balaban J connectivity index is 1.73. The van der Waals surface area contributed by atoms with Gasteiger partial charge in [0.2, 0.25) is 0 Å². The van der Waals surface area contributed by atoms with Crippen molar-refractivity contribution in [2.75, 3.05) is 19.8 Å². The minimum absolute atomic E-state index is 0.0128. The summed E-state index contributed by atoms with van der Waals surface area (Å²) in [6.45, 7) is 5.26. The molecule has 0 unspecified atom stereocenters. The van der Waals surface area contributed by atoms with E-state index in [9.17, 15) is 4.79 Å². The van der Waals surface area contributed by atoms with Gasteiger partial charge < -0.3 is 15.0 Å². The lowest BCUT2D eigenvalue weighted by Crippen LogP contribution is -2.47. The number of pyridine rings is 1. The summed E-state index contributed by atoms with van der Waals surface area (Å²) in [5.41, 5.74) is 1.88. The zero-order valence-electron chi connectivity index (χ0n) is 11.0. The van der Waals surface area contributed by atoms with Gasteiger partial charge in [-0.2, -0.15) is 0 Å². The van der Waals surface area contributed by atoms with Crippen LogP contribution in [0.5, 0.6) is 0 Å². The maximum Gasteiger partial charge on any atom is 0.252 e. The lowest BCUT2D eigenvalue weighted by atomic mass is 9.89. The fraction of sp³-hybridized carbons (Fsp3) is 0.400. The summed E-state index contributed by atoms with van der Waals surface area (Å²) in [6, 6.07) is 9.79. The monoisotopic (exact) mass is 258 g/mol. The SMILES string of the molecule is CC1(CNCc2cc3ccccc3[nH]c2=O)COC1. The van der Waals surface area contributed by atoms with Crippen LogP contribution in [0.2, 0.25) is 0 Å². The lowest BCUT2D eigenvalue weighted by molar-refractivity contribution is -0.0991. The Morgan fingerprint density at radius 3 is 2.89 bits per heavy atom. The van der Waals surface area contributed by atoms with Crippen LogP contribution < -0.4 is 10.9 Å². The number of nitrogens with one attached hydrogen (secondary N) is 2. The van der Waals surface area contributed by atoms with Gasteiger partial charge >= 0.3 is 0 Å². The van der Waals surface area contributed by atoms with Gasteiger partial charge in [-0.15, -0.1) is 0 Å². The molecule has 1 saturated heterocycles. The van der Waals surface area contributed by atoms with Crippen molar-refractivity contribution in [3.05, 3.63) is 46.2 Å². The number of rotatable bonds is 4. The number of benzene rings is 1. The number of fused-ring (bicyclic) bond motifs is 1. The Kier molecular flexibility index (Phi) is 3.12. The van der Waals surface area contributed by atoms with Gasteiger partial charge in [0.15, 0.2) is 0 Å². The highest BCUT2D eigenvalue weighted by molar-refractivity contribution is 5.78. The summed E-state index contributed by atoms with van der Waals surface area (Å²) in [7, 11) is 0. The second-order valence-corrected chi connectivity index (χ2v) is 5.62. The molecular weight excluding hydrogens is 240 g/mol. The van der Waals surface area contributed by atoms with E-state index < -0.39 is 0 Å². The molecule has 4 nitrogen and oxygen atoms in total. The molecule has 0 amide bonds. The smallest absolute Gasteiger partial charge is 0.252 e. The van der Waals surface area contributed by atoms with Crippen molar-refractivity contribution in [2.24, 2.45) is 5.41 Å². The zero-order valence-corrected chi connectivity index (χ0v) is 11.0. The summed E-state index contributed by atoms with van der Waals surface area (Å²) in [6.07, 6.45) is 0. The Hall–Kier alpha value is -1.65. The lowest BCUT2D eigenvalue weighted by Gasteiger charge is -2.38. The van der Waals surface area contributed by atoms with Gasteiger partial charge in [-0.25, -0.2) is 0 Å². The van der Waals surface area contributed by atoms with Crippen LogP contribution in [0.1, 0.15) is 12.5 Å². The average molecular weight is 258 g/mol. The van der Waals surface area contributed by atoms with Crippen molar-refractivity contribution >= 4 is 10.9 Å². The van der Waals surface area contributed by atoms with E-state index in [0.29, 0.717) is 6.54 Å². The largest absolute Gasteiger partial charge is 0.380 e. The molecule has 0 atom stereocenters. The molecule has 2 N–H and O–H groups in total. The number of ether oxygens (including phenoxy) is 1. The molecule has 1 aliphatic heterocycles. The normalized spacial score (nSPS) is 17.3. The number of aromatic nitrogens is 1. The summed E-state index contributed by atoms with van der Waals surface area (Å²) in [4.78, 5) is 14.9. The summed E-state index contributed by atoms with van der Waals surface area (Å²) in [5.74, 6) is 0. The van der Waals surface area contributed by atoms with E-state index in [2.05, 4.69) is 17.2 Å². The van der Waals surface area contributed by atoms with Crippen LogP contribution in [0.15, 0.2) is 35.1 Å². The molecule has 2 heterocycles. The molecule has 0 bridgehead atoms. The quantitative estimate of drug-likeness (QED) is 0.877. The topological polar surface area (TPSA) is 54.1 Å². The predicted molar refractivity (Wildman–Crippen MR) is 75.2 cm³/mol. The first-order valence-electron chi connectivity index (χ1n) is 6.56. The van der Waals surface area contributed by atoms with E-state index in [1.807, 2.05) is 30.3 Å². The van der Waals surface area contributed by atoms with Crippen LogP contribution in [-0.4, -0.2) is 24.7 Å². The van der Waals surface area contributed by atoms with Crippen LogP contribution in [0.25, 0.3) is 10.9 Å². The fourth-order valence-electron chi connectivity index (χ4n) is 2.38. The summed E-state index contributed by atoms with van der Waals surface area (Å²) >= 11 is 0. The molecule has 0 saturated carbocycles. The molecule has 3 rings (SSSR count). The third-order valence-electron chi connectivity index (χ3n) is 3.60. The highest BCUT2D eigenvalue weighted by atomic mass is 16.5. The highest BCUT2D eigenvalue weighted by Crippen LogP contribution is 2.25. The van der Waals surface area contributed by atoms with E-state index in [4.69, 9.17) is 4.74 Å². The maximum atomic E-state index is 12.0. The molecule has 1 fully saturated rings. The Bertz CT molecular complexity index is 644. The Morgan fingerprint density at radius 2 is 2.16 bits per heavy atom. The van der Waals surface area contributed by atoms with Gasteiger partial charge in [-0.05, 0) is 17.5 Å². The van der Waals surface area contributed by atoms with Gasteiger partial charge in [-0.3, -0.25) is 4.79 Å². The Labute approximate surface area is 111 Å². The standard InChI is InChI=1S/C15H18N2O2/c1-15(9-19-10-15)8-16-7-12-6-11-4-2-3-5-13(11)17-14(12)18/h2-6,16H,7-10H2,1H3,(H,17,18). The van der Waals surface area contributed by atoms with Crippen molar-refractivity contribution in [3.8, 4) is 0 Å². The summed E-state index contributed by atoms with van der Waals surface area (Å²) in [5, 5.41) is 4.42. The third kappa shape index (κ3) is 2.55. The minimum Gasteiger partial charge on any atom is -0.380 e. The molecule has 19 heavy (non-hydrogen) atoms. The fourth-order valence-corrected chi connectivity index (χ4v) is 2.38. The van der Waals surface area contributed by atoms with Crippen molar-refractivity contribution in [1.29, 1.82) is 0 Å². The molecule has 2 aromatic rings. The van der Waals surface area contributed by atoms with Gasteiger partial charge in [0.25, 0.3) is 5.56 Å². The zero-order chi connectivity index (χ0) is 13.3. The van der Waals surface area contributed by atoms with Crippen molar-refractivity contribution < 1.29 is 4.74 Å². The van der Waals surface area contributed by atoms with Crippen LogP contribution >= 0.6 is 0 Å². The third-order valence-corrected chi connectivity index (χ3v) is 3.60.